The Morgan fingerprint density at radius 1 is 1.55 bits per heavy atom. The van der Waals surface area contributed by atoms with Crippen molar-refractivity contribution in [3.63, 3.8) is 0 Å². The molecule has 2 aromatic heterocycles. The Morgan fingerprint density at radius 3 is 3.20 bits per heavy atom. The summed E-state index contributed by atoms with van der Waals surface area (Å²) in [4.78, 5) is 12.7. The minimum Gasteiger partial charge on any atom is -0.395 e. The number of carbonyl (C=O) groups excluding carboxylic acids is 1. The summed E-state index contributed by atoms with van der Waals surface area (Å²) >= 11 is 1.42. The van der Waals surface area contributed by atoms with Gasteiger partial charge in [-0.15, -0.1) is 16.4 Å². The van der Waals surface area contributed by atoms with E-state index in [-0.39, 0.29) is 12.5 Å². The van der Waals surface area contributed by atoms with Crippen LogP contribution in [0.25, 0.3) is 0 Å². The molecule has 2 heterocycles. The first-order chi connectivity index (χ1) is 9.79. The summed E-state index contributed by atoms with van der Waals surface area (Å²) in [5.74, 6) is 5.60. The highest BCUT2D eigenvalue weighted by atomic mass is 32.1. The summed E-state index contributed by atoms with van der Waals surface area (Å²) in [7, 11) is 0. The molecule has 2 aromatic rings. The van der Waals surface area contributed by atoms with Gasteiger partial charge in [-0.2, -0.15) is 0 Å². The first-order valence-corrected chi connectivity index (χ1v) is 6.98. The van der Waals surface area contributed by atoms with E-state index < -0.39 is 0 Å². The third-order valence-electron chi connectivity index (χ3n) is 2.41. The van der Waals surface area contributed by atoms with Gasteiger partial charge >= 0.3 is 0 Å². The first-order valence-electron chi connectivity index (χ1n) is 6.10. The largest absolute Gasteiger partial charge is 0.395 e. The first kappa shape index (κ1) is 14.2. The van der Waals surface area contributed by atoms with Crippen LogP contribution in [0.4, 0.5) is 0 Å². The van der Waals surface area contributed by atoms with Gasteiger partial charge in [-0.25, -0.2) is 0 Å². The number of hydrogen-bond acceptors (Lipinski definition) is 5. The maximum absolute atomic E-state index is 11.9. The Labute approximate surface area is 120 Å². The van der Waals surface area contributed by atoms with Crippen LogP contribution in [0.2, 0.25) is 0 Å². The molecule has 0 aliphatic heterocycles. The van der Waals surface area contributed by atoms with Crippen LogP contribution in [-0.4, -0.2) is 39.2 Å². The lowest BCUT2D eigenvalue weighted by Crippen LogP contribution is -2.27. The maximum atomic E-state index is 11.9. The van der Waals surface area contributed by atoms with Crippen molar-refractivity contribution in [3.8, 4) is 11.8 Å². The molecular formula is C13H14N4O2S. The molecule has 0 saturated heterocycles. The van der Waals surface area contributed by atoms with Crippen molar-refractivity contribution in [1.82, 2.24) is 20.3 Å². The van der Waals surface area contributed by atoms with Crippen LogP contribution in [-0.2, 0) is 6.54 Å². The molecule has 1 amide bonds. The van der Waals surface area contributed by atoms with Crippen molar-refractivity contribution < 1.29 is 9.90 Å². The van der Waals surface area contributed by atoms with Crippen LogP contribution in [0.5, 0.6) is 0 Å². The van der Waals surface area contributed by atoms with Crippen LogP contribution < -0.4 is 5.32 Å². The number of aromatic nitrogens is 3. The summed E-state index contributed by atoms with van der Waals surface area (Å²) in [5, 5.41) is 20.7. The second-order valence-corrected chi connectivity index (χ2v) is 4.81. The lowest BCUT2D eigenvalue weighted by molar-refractivity contribution is 0.0952. The Bertz CT molecular complexity index is 610. The van der Waals surface area contributed by atoms with E-state index in [4.69, 9.17) is 5.11 Å². The number of thiophene rings is 1. The molecule has 2 N–H and O–H groups in total. The minimum absolute atomic E-state index is 0.0496. The molecule has 0 saturated carbocycles. The topological polar surface area (TPSA) is 80.0 Å². The van der Waals surface area contributed by atoms with Crippen molar-refractivity contribution in [2.75, 3.05) is 13.2 Å². The summed E-state index contributed by atoms with van der Waals surface area (Å²) in [6, 6.07) is 1.75. The molecule has 0 fully saturated rings. The third kappa shape index (κ3) is 4.19. The van der Waals surface area contributed by atoms with E-state index >= 15 is 0 Å². The second-order valence-electron chi connectivity index (χ2n) is 3.90. The van der Waals surface area contributed by atoms with Gasteiger partial charge in [0.25, 0.3) is 5.91 Å². The van der Waals surface area contributed by atoms with E-state index in [9.17, 15) is 4.79 Å². The number of carbonyl (C=O) groups is 1. The summed E-state index contributed by atoms with van der Waals surface area (Å²) in [6.45, 7) is 1.12. The smallest absolute Gasteiger partial charge is 0.252 e. The number of nitrogens with one attached hydrogen (secondary N) is 1. The monoisotopic (exact) mass is 290 g/mol. The SMILES string of the molecule is O=C(NCCn1ccnn1)c1csc(C#CCCO)c1. The molecule has 0 aliphatic carbocycles. The summed E-state index contributed by atoms with van der Waals surface area (Å²) < 4.78 is 1.65. The molecule has 6 nitrogen and oxygen atoms in total. The highest BCUT2D eigenvalue weighted by Crippen LogP contribution is 2.13. The molecule has 0 atom stereocenters. The second kappa shape index (κ2) is 7.43. The van der Waals surface area contributed by atoms with Gasteiger partial charge in [0.15, 0.2) is 0 Å². The van der Waals surface area contributed by atoms with Crippen LogP contribution in [0.15, 0.2) is 23.8 Å². The Kier molecular flexibility index (Phi) is 5.29. The molecule has 7 heteroatoms. The van der Waals surface area contributed by atoms with Crippen molar-refractivity contribution in [2.24, 2.45) is 0 Å². The van der Waals surface area contributed by atoms with Gasteiger partial charge in [0, 0.05) is 24.5 Å². The van der Waals surface area contributed by atoms with E-state index in [1.807, 2.05) is 0 Å². The van der Waals surface area contributed by atoms with Crippen LogP contribution in [0, 0.1) is 11.8 Å². The van der Waals surface area contributed by atoms with Gasteiger partial charge in [0.2, 0.25) is 0 Å². The molecule has 20 heavy (non-hydrogen) atoms. The Hall–Kier alpha value is -2.17. The zero-order valence-corrected chi connectivity index (χ0v) is 11.6. The van der Waals surface area contributed by atoms with Gasteiger partial charge in [-0.05, 0) is 6.07 Å². The number of aliphatic hydroxyl groups is 1. The summed E-state index contributed by atoms with van der Waals surface area (Å²) in [5.41, 5.74) is 0.599. The van der Waals surface area contributed by atoms with Crippen LogP contribution in [0.3, 0.4) is 0 Å². The van der Waals surface area contributed by atoms with Gasteiger partial charge in [-0.3, -0.25) is 9.48 Å². The molecule has 2 rings (SSSR count). The summed E-state index contributed by atoms with van der Waals surface area (Å²) in [6.07, 6.45) is 3.78. The average molecular weight is 290 g/mol. The van der Waals surface area contributed by atoms with Gasteiger partial charge in [-0.1, -0.05) is 17.1 Å². The average Bonchev–Trinajstić information content (AvgIpc) is 3.10. The lowest BCUT2D eigenvalue weighted by atomic mass is 10.3. The van der Waals surface area contributed by atoms with E-state index in [1.54, 1.807) is 28.5 Å². The van der Waals surface area contributed by atoms with Crippen molar-refractivity contribution in [2.45, 2.75) is 13.0 Å². The highest BCUT2D eigenvalue weighted by Gasteiger charge is 2.07. The Balaban J connectivity index is 1.82. The predicted octanol–water partition coefficient (Wildman–Crippen LogP) is 0.503. The predicted molar refractivity (Wildman–Crippen MR) is 75.3 cm³/mol. The molecular weight excluding hydrogens is 276 g/mol. The lowest BCUT2D eigenvalue weighted by Gasteiger charge is -2.02. The number of hydrogen-bond donors (Lipinski definition) is 2. The molecule has 0 spiro atoms. The fourth-order valence-corrected chi connectivity index (χ4v) is 2.22. The van der Waals surface area contributed by atoms with E-state index in [1.165, 1.54) is 11.3 Å². The Morgan fingerprint density at radius 2 is 2.45 bits per heavy atom. The number of amides is 1. The van der Waals surface area contributed by atoms with Crippen molar-refractivity contribution in [1.29, 1.82) is 0 Å². The molecule has 0 radical (unpaired) electrons. The maximum Gasteiger partial charge on any atom is 0.252 e. The molecule has 104 valence electrons. The normalized spacial score (nSPS) is 9.85. The van der Waals surface area contributed by atoms with Crippen molar-refractivity contribution in [3.05, 3.63) is 34.3 Å². The third-order valence-corrected chi connectivity index (χ3v) is 3.25. The quantitative estimate of drug-likeness (QED) is 0.786. The van der Waals surface area contributed by atoms with Crippen molar-refractivity contribution >= 4 is 17.2 Å². The van der Waals surface area contributed by atoms with E-state index in [2.05, 4.69) is 27.5 Å². The van der Waals surface area contributed by atoms with Gasteiger partial charge in [0.05, 0.1) is 29.8 Å². The molecule has 0 aliphatic rings. The fourth-order valence-electron chi connectivity index (χ4n) is 1.46. The van der Waals surface area contributed by atoms with Crippen LogP contribution in [0.1, 0.15) is 21.7 Å². The van der Waals surface area contributed by atoms with Gasteiger partial charge < -0.3 is 10.4 Å². The fraction of sp³-hybridized carbons (Fsp3) is 0.308. The molecule has 0 bridgehead atoms. The number of rotatable bonds is 5. The van der Waals surface area contributed by atoms with E-state index in [0.717, 1.165) is 4.88 Å². The zero-order chi connectivity index (χ0) is 14.2. The standard InChI is InChI=1S/C13H14N4O2S/c18-8-2-1-3-12-9-11(10-20-12)13(19)14-4-6-17-7-5-15-16-17/h5,7,9-10,18H,2,4,6,8H2,(H,14,19). The van der Waals surface area contributed by atoms with E-state index in [0.29, 0.717) is 25.1 Å². The number of aliphatic hydroxyl groups excluding tert-OH is 1. The minimum atomic E-state index is -0.128. The highest BCUT2D eigenvalue weighted by molar-refractivity contribution is 7.10. The molecule has 0 unspecified atom stereocenters. The molecule has 0 aromatic carbocycles. The van der Waals surface area contributed by atoms with Crippen LogP contribution >= 0.6 is 11.3 Å². The zero-order valence-electron chi connectivity index (χ0n) is 10.7. The van der Waals surface area contributed by atoms with Gasteiger partial charge in [0.1, 0.15) is 0 Å². The number of nitrogens with zero attached hydrogens (tertiary/aromatic N) is 3.